The van der Waals surface area contributed by atoms with E-state index in [1.165, 1.54) is 11.1 Å². The Hall–Kier alpha value is -3.08. The second-order valence-corrected chi connectivity index (χ2v) is 20.4. The largest absolute Gasteiger partial charge is 0.490 e. The van der Waals surface area contributed by atoms with Crippen LogP contribution >= 0.6 is 11.6 Å². The van der Waals surface area contributed by atoms with E-state index in [1.54, 1.807) is 31.2 Å². The number of sulfonamides is 1. The molecule has 2 N–H and O–H groups in total. The number of hydrogen-bond donors (Lipinski definition) is 2. The van der Waals surface area contributed by atoms with Crippen LogP contribution in [0.4, 0.5) is 5.69 Å². The van der Waals surface area contributed by atoms with Crippen LogP contribution < -0.4 is 14.4 Å². The SMILES string of the molecule is C[C@@H]1[C@@H](C)C/C=C/[C@](O)(C#CCN2CCS(=O)(=O)CC2)[C@@H]2CC[C@H]2CN2C[C@@]3(CCCc4cc(Cl)ccc43)COc3ccc(cc32)C(=O)NS1(=O)=O. The first-order valence-electron chi connectivity index (χ1n) is 18.4. The second kappa shape index (κ2) is 14.3. The van der Waals surface area contributed by atoms with E-state index in [2.05, 4.69) is 27.5 Å². The number of ether oxygens (including phenoxy) is 1. The smallest absolute Gasteiger partial charge is 0.264 e. The molecule has 1 saturated carbocycles. The van der Waals surface area contributed by atoms with Crippen LogP contribution in [0.5, 0.6) is 5.75 Å². The average Bonchev–Trinajstić information content (AvgIpc) is 3.23. The summed E-state index contributed by atoms with van der Waals surface area (Å²) in [6, 6.07) is 11.2. The van der Waals surface area contributed by atoms with Gasteiger partial charge in [-0.05, 0) is 105 Å². The lowest BCUT2D eigenvalue weighted by atomic mass is 9.64. The van der Waals surface area contributed by atoms with E-state index >= 15 is 0 Å². The maximum absolute atomic E-state index is 13.5. The van der Waals surface area contributed by atoms with Gasteiger partial charge in [-0.15, -0.1) is 0 Å². The summed E-state index contributed by atoms with van der Waals surface area (Å²) < 4.78 is 59.8. The number of sulfone groups is 1. The van der Waals surface area contributed by atoms with E-state index in [9.17, 15) is 26.7 Å². The Labute approximate surface area is 312 Å². The Morgan fingerprint density at radius 3 is 2.62 bits per heavy atom. The number of carbonyl (C=O) groups excluding carboxylic acids is 1. The van der Waals surface area contributed by atoms with Crippen molar-refractivity contribution in [1.29, 1.82) is 0 Å². The van der Waals surface area contributed by atoms with Crippen LogP contribution in [0.3, 0.4) is 0 Å². The number of nitrogens with one attached hydrogen (secondary N) is 1. The zero-order valence-corrected chi connectivity index (χ0v) is 32.2. The number of rotatable bonds is 1. The maximum Gasteiger partial charge on any atom is 0.264 e. The molecule has 0 aromatic heterocycles. The number of aryl methyl sites for hydroxylation is 1. The van der Waals surface area contributed by atoms with Gasteiger partial charge in [-0.3, -0.25) is 9.69 Å². The first-order valence-corrected chi connectivity index (χ1v) is 22.1. The number of halogens is 1. The Morgan fingerprint density at radius 2 is 1.87 bits per heavy atom. The zero-order chi connectivity index (χ0) is 36.9. The van der Waals surface area contributed by atoms with Crippen molar-refractivity contribution in [2.75, 3.05) is 55.7 Å². The zero-order valence-electron chi connectivity index (χ0n) is 29.8. The monoisotopic (exact) mass is 769 g/mol. The first kappa shape index (κ1) is 37.2. The third kappa shape index (κ3) is 7.49. The molecule has 2 aromatic rings. The summed E-state index contributed by atoms with van der Waals surface area (Å²) in [5.74, 6) is 6.02. The minimum atomic E-state index is -4.04. The van der Waals surface area contributed by atoms with Crippen molar-refractivity contribution in [3.05, 3.63) is 70.3 Å². The van der Waals surface area contributed by atoms with Gasteiger partial charge in [0.2, 0.25) is 10.0 Å². The molecule has 1 saturated heterocycles. The van der Waals surface area contributed by atoms with Gasteiger partial charge in [0.15, 0.2) is 9.84 Å². The van der Waals surface area contributed by atoms with E-state index in [-0.39, 0.29) is 40.2 Å². The van der Waals surface area contributed by atoms with E-state index in [0.29, 0.717) is 62.2 Å². The van der Waals surface area contributed by atoms with Crippen LogP contribution in [0.25, 0.3) is 0 Å². The Balaban J connectivity index is 1.27. The summed E-state index contributed by atoms with van der Waals surface area (Å²) in [7, 11) is -7.06. The fraction of sp³-hybridized carbons (Fsp3) is 0.564. The van der Waals surface area contributed by atoms with Crippen molar-refractivity contribution in [2.24, 2.45) is 17.8 Å². The highest BCUT2D eigenvalue weighted by molar-refractivity contribution is 7.91. The predicted molar refractivity (Wildman–Crippen MR) is 203 cm³/mol. The molecule has 2 bridgehead atoms. The molecule has 2 aliphatic carbocycles. The topological polar surface area (TPSA) is 133 Å². The molecule has 1 amide bonds. The lowest BCUT2D eigenvalue weighted by Gasteiger charge is -2.47. The van der Waals surface area contributed by atoms with Crippen LogP contribution in [-0.2, 0) is 31.7 Å². The number of fused-ring (bicyclic) bond motifs is 4. The van der Waals surface area contributed by atoms with E-state index in [1.807, 2.05) is 30.0 Å². The number of hydrogen-bond acceptors (Lipinski definition) is 9. The summed E-state index contributed by atoms with van der Waals surface area (Å²) >= 11 is 6.44. The molecule has 0 unspecified atom stereocenters. The molecule has 280 valence electrons. The van der Waals surface area contributed by atoms with Gasteiger partial charge in [0.05, 0.1) is 35.6 Å². The highest BCUT2D eigenvalue weighted by Crippen LogP contribution is 2.48. The Morgan fingerprint density at radius 1 is 1.08 bits per heavy atom. The van der Waals surface area contributed by atoms with Gasteiger partial charge in [0.25, 0.3) is 5.91 Å². The summed E-state index contributed by atoms with van der Waals surface area (Å²) in [6.45, 7) is 6.18. The van der Waals surface area contributed by atoms with Gasteiger partial charge >= 0.3 is 0 Å². The number of allylic oxidation sites excluding steroid dienone is 1. The number of carbonyl (C=O) groups is 1. The van der Waals surface area contributed by atoms with E-state index in [0.717, 1.165) is 32.1 Å². The molecule has 5 aliphatic rings. The summed E-state index contributed by atoms with van der Waals surface area (Å²) in [5.41, 5.74) is 1.53. The fourth-order valence-electron chi connectivity index (χ4n) is 8.61. The van der Waals surface area contributed by atoms with E-state index < -0.39 is 36.6 Å². The average molecular weight is 770 g/mol. The molecule has 13 heteroatoms. The van der Waals surface area contributed by atoms with Crippen LogP contribution in [0.1, 0.15) is 67.4 Å². The molecule has 2 aromatic carbocycles. The lowest BCUT2D eigenvalue weighted by Crippen LogP contribution is -2.52. The molecule has 52 heavy (non-hydrogen) atoms. The molecule has 3 heterocycles. The van der Waals surface area contributed by atoms with E-state index in [4.69, 9.17) is 16.3 Å². The Bertz CT molecular complexity index is 2030. The van der Waals surface area contributed by atoms with Crippen LogP contribution in [-0.4, -0.2) is 94.4 Å². The minimum absolute atomic E-state index is 0.0578. The third-order valence-corrected chi connectivity index (χ3v) is 15.9. The van der Waals surface area contributed by atoms with Crippen LogP contribution in [0, 0.1) is 29.6 Å². The molecule has 10 nitrogen and oxygen atoms in total. The van der Waals surface area contributed by atoms with Gasteiger partial charge < -0.3 is 14.7 Å². The van der Waals surface area contributed by atoms with Crippen molar-refractivity contribution in [3.63, 3.8) is 0 Å². The quantitative estimate of drug-likeness (QED) is 0.321. The highest BCUT2D eigenvalue weighted by atomic mass is 35.5. The number of nitrogens with zero attached hydrogens (tertiary/aromatic N) is 2. The normalized spacial score (nSPS) is 33.5. The molecule has 6 atom stereocenters. The third-order valence-electron chi connectivity index (χ3n) is 12.2. The molecular weight excluding hydrogens is 722 g/mol. The van der Waals surface area contributed by atoms with Crippen molar-refractivity contribution < 1.29 is 31.5 Å². The summed E-state index contributed by atoms with van der Waals surface area (Å²) in [6.07, 6.45) is 8.35. The fourth-order valence-corrected chi connectivity index (χ4v) is 11.4. The van der Waals surface area contributed by atoms with Crippen molar-refractivity contribution in [2.45, 2.75) is 68.6 Å². The molecule has 3 aliphatic heterocycles. The Kier molecular flexibility index (Phi) is 10.2. The summed E-state index contributed by atoms with van der Waals surface area (Å²) in [4.78, 5) is 17.8. The molecule has 0 radical (unpaired) electrons. The number of aliphatic hydroxyl groups is 1. The van der Waals surface area contributed by atoms with Crippen LogP contribution in [0.2, 0.25) is 5.02 Å². The van der Waals surface area contributed by atoms with Crippen LogP contribution in [0.15, 0.2) is 48.6 Å². The number of anilines is 1. The van der Waals surface area contributed by atoms with Gasteiger partial charge in [-0.2, -0.15) is 0 Å². The first-order chi connectivity index (χ1) is 24.7. The second-order valence-electron chi connectivity index (χ2n) is 15.6. The molecule has 7 rings (SSSR count). The van der Waals surface area contributed by atoms with Crippen molar-refractivity contribution in [3.8, 4) is 17.6 Å². The number of benzene rings is 2. The molecule has 1 spiro atoms. The van der Waals surface area contributed by atoms with Gasteiger partial charge in [0.1, 0.15) is 11.4 Å². The lowest BCUT2D eigenvalue weighted by molar-refractivity contribution is -0.00329. The maximum atomic E-state index is 13.5. The molecule has 2 fully saturated rings. The van der Waals surface area contributed by atoms with Gasteiger partial charge in [-0.1, -0.05) is 42.5 Å². The highest BCUT2D eigenvalue weighted by Gasteiger charge is 2.48. The predicted octanol–water partition coefficient (Wildman–Crippen LogP) is 4.35. The molecular formula is C39H48ClN3O7S2. The minimum Gasteiger partial charge on any atom is -0.490 e. The van der Waals surface area contributed by atoms with Crippen molar-refractivity contribution >= 4 is 43.1 Å². The number of amides is 1. The van der Waals surface area contributed by atoms with Gasteiger partial charge in [0, 0.05) is 48.1 Å². The summed E-state index contributed by atoms with van der Waals surface area (Å²) in [5, 5.41) is 12.2. The van der Waals surface area contributed by atoms with Gasteiger partial charge in [-0.25, -0.2) is 21.6 Å². The van der Waals surface area contributed by atoms with Crippen molar-refractivity contribution in [1.82, 2.24) is 9.62 Å². The standard InChI is InChI=1S/C39H48ClN3O7S2/c1-27-6-3-15-39(45,16-5-17-42-18-20-51(46,47)21-19-42)34-11-8-31(34)24-43-25-38(14-4-7-29-22-32(40)10-12-33(29)38)26-50-36-13-9-30(23-35(36)43)37(44)41-52(48,49)28(27)2/h3,9-10,12-13,15,22-23,27-28,31,34,45H,4,6-8,11,14,17-21,24-26H2,1-2H3,(H,41,44)/b15-3+/t27-,28+,31-,34+,38-,39-/m0/s1.